The van der Waals surface area contributed by atoms with E-state index >= 15 is 0 Å². The van der Waals surface area contributed by atoms with Crippen LogP contribution in [0.4, 0.5) is 0 Å². The molecule has 0 unspecified atom stereocenters. The van der Waals surface area contributed by atoms with Gasteiger partial charge in [0.05, 0.1) is 25.7 Å². The van der Waals surface area contributed by atoms with Crippen LogP contribution in [0.2, 0.25) is 0 Å². The van der Waals surface area contributed by atoms with Gasteiger partial charge in [-0.25, -0.2) is 0 Å². The van der Waals surface area contributed by atoms with Gasteiger partial charge < -0.3 is 14.7 Å². The third-order valence-electron chi connectivity index (χ3n) is 3.54. The minimum absolute atomic E-state index is 0.234. The van der Waals surface area contributed by atoms with Gasteiger partial charge in [0.2, 0.25) is 5.09 Å². The van der Waals surface area contributed by atoms with E-state index in [9.17, 15) is 4.79 Å². The third kappa shape index (κ3) is 6.07. The van der Waals surface area contributed by atoms with E-state index in [0.29, 0.717) is 18.1 Å². The van der Waals surface area contributed by atoms with Crippen LogP contribution in [0.15, 0.2) is 23.3 Å². The van der Waals surface area contributed by atoms with Crippen molar-refractivity contribution in [3.05, 3.63) is 34.4 Å². The van der Waals surface area contributed by atoms with Gasteiger partial charge in [-0.1, -0.05) is 25.0 Å². The van der Waals surface area contributed by atoms with Crippen LogP contribution in [-0.4, -0.2) is 30.0 Å². The van der Waals surface area contributed by atoms with E-state index in [-0.39, 0.29) is 6.42 Å². The average Bonchev–Trinajstić information content (AvgIpc) is 2.99. The van der Waals surface area contributed by atoms with Crippen LogP contribution in [-0.2, 0) is 13.9 Å². The summed E-state index contributed by atoms with van der Waals surface area (Å²) in [5.41, 5.74) is 2.07. The Kier molecular flexibility index (Phi) is 7.42. The molecule has 0 atom stereocenters. The Balaban J connectivity index is 1.75. The van der Waals surface area contributed by atoms with Crippen molar-refractivity contribution in [3.63, 3.8) is 0 Å². The second kappa shape index (κ2) is 9.56. The lowest BCUT2D eigenvalue weighted by molar-refractivity contribution is -0.259. The number of nitrogens with zero attached hydrogens (tertiary/aromatic N) is 1. The molecule has 0 saturated carbocycles. The Morgan fingerprint density at radius 3 is 2.88 bits per heavy atom. The monoisotopic (exact) mass is 353 g/mol. The van der Waals surface area contributed by atoms with Crippen LogP contribution in [0.25, 0.3) is 6.08 Å². The number of benzene rings is 1. The van der Waals surface area contributed by atoms with Crippen molar-refractivity contribution in [2.24, 2.45) is 0 Å². The largest absolute Gasteiger partial charge is 0.496 e. The van der Waals surface area contributed by atoms with Crippen LogP contribution in [0, 0.1) is 6.92 Å². The molecule has 7 heteroatoms. The maximum atomic E-state index is 10.4. The number of aliphatic carboxylic acids is 1. The molecule has 1 aliphatic heterocycles. The molecular formula is C17H23NO5S. The van der Waals surface area contributed by atoms with E-state index in [1.807, 2.05) is 31.2 Å². The number of hydrogen-bond acceptors (Lipinski definition) is 6. The lowest BCUT2D eigenvalue weighted by Crippen LogP contribution is -2.16. The van der Waals surface area contributed by atoms with Crippen molar-refractivity contribution < 1.29 is 23.8 Å². The molecule has 1 N–H and O–H groups in total. The standard InChI is InChI=1S/C17H23NO5S/c1-13-8-9-14(15(11-13)21-2)12-17-22-18(23-24-17)10-6-4-3-5-7-16(19)20/h8-9,11-12H,3-7,10H2,1-2H3,(H,19,20). The van der Waals surface area contributed by atoms with Crippen molar-refractivity contribution in [1.29, 1.82) is 0 Å². The summed E-state index contributed by atoms with van der Waals surface area (Å²) in [6, 6.07) is 5.97. The molecule has 0 aromatic heterocycles. The molecule has 1 aromatic rings. The first kappa shape index (κ1) is 18.6. The fourth-order valence-electron chi connectivity index (χ4n) is 2.28. The highest BCUT2D eigenvalue weighted by atomic mass is 32.2. The van der Waals surface area contributed by atoms with E-state index in [1.54, 1.807) is 7.11 Å². The molecule has 1 fully saturated rings. The van der Waals surface area contributed by atoms with Crippen molar-refractivity contribution in [3.8, 4) is 5.75 Å². The number of methoxy groups -OCH3 is 1. The summed E-state index contributed by atoms with van der Waals surface area (Å²) in [4.78, 5) is 16.1. The van der Waals surface area contributed by atoms with E-state index in [2.05, 4.69) is 0 Å². The summed E-state index contributed by atoms with van der Waals surface area (Å²) >= 11 is 1.17. The first-order valence-electron chi connectivity index (χ1n) is 7.97. The molecule has 1 heterocycles. The third-order valence-corrected chi connectivity index (χ3v) is 4.14. The lowest BCUT2D eigenvalue weighted by atomic mass is 10.1. The second-order valence-corrected chi connectivity index (χ2v) is 6.29. The summed E-state index contributed by atoms with van der Waals surface area (Å²) in [6.45, 7) is 2.66. The summed E-state index contributed by atoms with van der Waals surface area (Å²) < 4.78 is 10.8. The fourth-order valence-corrected chi connectivity index (χ4v) is 2.83. The number of ether oxygens (including phenoxy) is 1. The predicted molar refractivity (Wildman–Crippen MR) is 92.9 cm³/mol. The van der Waals surface area contributed by atoms with Crippen molar-refractivity contribution in [1.82, 2.24) is 5.23 Å². The van der Waals surface area contributed by atoms with E-state index in [1.165, 1.54) is 17.3 Å². The molecule has 24 heavy (non-hydrogen) atoms. The normalized spacial score (nSPS) is 16.3. The quantitative estimate of drug-likeness (QED) is 0.528. The van der Waals surface area contributed by atoms with Crippen LogP contribution in [0.5, 0.6) is 5.75 Å². The average molecular weight is 353 g/mol. The highest BCUT2D eigenvalue weighted by Gasteiger charge is 2.21. The van der Waals surface area contributed by atoms with E-state index in [4.69, 9.17) is 19.0 Å². The number of hydrogen-bond donors (Lipinski definition) is 1. The molecule has 0 spiro atoms. The Morgan fingerprint density at radius 2 is 2.12 bits per heavy atom. The molecule has 0 aliphatic carbocycles. The van der Waals surface area contributed by atoms with Crippen molar-refractivity contribution in [2.75, 3.05) is 13.7 Å². The minimum Gasteiger partial charge on any atom is -0.496 e. The topological polar surface area (TPSA) is 68.2 Å². The zero-order valence-electron chi connectivity index (χ0n) is 14.0. The Morgan fingerprint density at radius 1 is 1.33 bits per heavy atom. The van der Waals surface area contributed by atoms with Gasteiger partial charge >= 0.3 is 5.97 Å². The molecule has 2 rings (SSSR count). The lowest BCUT2D eigenvalue weighted by Gasteiger charge is -2.10. The molecule has 1 aromatic carbocycles. The zero-order chi connectivity index (χ0) is 17.4. The van der Waals surface area contributed by atoms with Gasteiger partial charge in [0.15, 0.2) is 0 Å². The molecule has 0 radical (unpaired) electrons. The summed E-state index contributed by atoms with van der Waals surface area (Å²) in [6.07, 6.45) is 5.57. The Bertz CT molecular complexity index is 590. The smallest absolute Gasteiger partial charge is 0.303 e. The van der Waals surface area contributed by atoms with Gasteiger partial charge in [0.25, 0.3) is 0 Å². The second-order valence-electron chi connectivity index (χ2n) is 5.57. The molecular weight excluding hydrogens is 330 g/mol. The predicted octanol–water partition coefficient (Wildman–Crippen LogP) is 4.16. The maximum absolute atomic E-state index is 10.4. The number of aryl methyl sites for hydroxylation is 1. The van der Waals surface area contributed by atoms with Crippen molar-refractivity contribution >= 4 is 24.1 Å². The molecule has 1 saturated heterocycles. The minimum atomic E-state index is -0.737. The van der Waals surface area contributed by atoms with Crippen LogP contribution in [0.1, 0.15) is 43.2 Å². The summed E-state index contributed by atoms with van der Waals surface area (Å²) in [7, 11) is 1.65. The van der Waals surface area contributed by atoms with Gasteiger partial charge in [-0.3, -0.25) is 4.79 Å². The van der Waals surface area contributed by atoms with E-state index < -0.39 is 5.97 Å². The first-order valence-corrected chi connectivity index (χ1v) is 8.71. The maximum Gasteiger partial charge on any atom is 0.303 e. The highest BCUT2D eigenvalue weighted by molar-refractivity contribution is 7.98. The molecule has 6 nitrogen and oxygen atoms in total. The van der Waals surface area contributed by atoms with Gasteiger partial charge in [-0.05, 0) is 36.6 Å². The van der Waals surface area contributed by atoms with Crippen LogP contribution < -0.4 is 4.74 Å². The molecule has 0 amide bonds. The number of carboxylic acids is 1. The van der Waals surface area contributed by atoms with Gasteiger partial charge in [0.1, 0.15) is 5.75 Å². The van der Waals surface area contributed by atoms with Gasteiger partial charge in [-0.15, -0.1) is 0 Å². The molecule has 0 bridgehead atoms. The number of carboxylic acid groups (broad SMARTS) is 1. The first-order chi connectivity index (χ1) is 11.6. The summed E-state index contributed by atoms with van der Waals surface area (Å²) in [5, 5.41) is 10.7. The summed E-state index contributed by atoms with van der Waals surface area (Å²) in [5.74, 6) is 0.0579. The van der Waals surface area contributed by atoms with Gasteiger partial charge in [0, 0.05) is 18.1 Å². The zero-order valence-corrected chi connectivity index (χ0v) is 14.8. The highest BCUT2D eigenvalue weighted by Crippen LogP contribution is 2.33. The number of hydroxylamine groups is 2. The van der Waals surface area contributed by atoms with Crippen molar-refractivity contribution in [2.45, 2.75) is 39.0 Å². The number of carbonyl (C=O) groups is 1. The number of unbranched alkanes of at least 4 members (excludes halogenated alkanes) is 3. The Labute approximate surface area is 146 Å². The van der Waals surface area contributed by atoms with Gasteiger partial charge in [-0.2, -0.15) is 4.28 Å². The molecule has 132 valence electrons. The fraction of sp³-hybridized carbons (Fsp3) is 0.471. The molecule has 1 aliphatic rings. The van der Waals surface area contributed by atoms with E-state index in [0.717, 1.165) is 36.1 Å². The Hall–Kier alpha value is -1.70. The van der Waals surface area contributed by atoms with Crippen LogP contribution >= 0.6 is 12.0 Å². The van der Waals surface area contributed by atoms with Crippen LogP contribution in [0.3, 0.4) is 0 Å². The SMILES string of the molecule is COc1cc(C)ccc1C=C1ON(CCCCCCC(=O)O)OS1. The number of rotatable bonds is 9.